The average Bonchev–Trinajstić information content (AvgIpc) is 3.18. The van der Waals surface area contributed by atoms with E-state index in [2.05, 4.69) is 15.5 Å². The van der Waals surface area contributed by atoms with Crippen LogP contribution in [0.3, 0.4) is 0 Å². The second-order valence-corrected chi connectivity index (χ2v) is 7.38. The van der Waals surface area contributed by atoms with Crippen molar-refractivity contribution in [3.05, 3.63) is 18.2 Å². The Morgan fingerprint density at radius 1 is 1.23 bits per heavy atom. The van der Waals surface area contributed by atoms with Gasteiger partial charge in [0.05, 0.1) is 5.69 Å². The number of ether oxygens (including phenoxy) is 1. The molecule has 7 heteroatoms. The molecular formula is C19H26N4O3. The number of hydrogen-bond acceptors (Lipinski definition) is 4. The standard InChI is InChI=1S/C19H26N4O3/c1-13-18(24)21-16-11-14(6-7-17(16)26-13)20-19(25)23-10-4-5-15(12-23)22-8-2-3-9-22/h6-7,11,13,15H,2-5,8-10,12H2,1H3,(H,20,25)(H,21,24)/t13-,15-/m0/s1. The second kappa shape index (κ2) is 7.15. The maximum Gasteiger partial charge on any atom is 0.321 e. The third-order valence-corrected chi connectivity index (χ3v) is 5.50. The fourth-order valence-corrected chi connectivity index (χ4v) is 4.03. The van der Waals surface area contributed by atoms with Crippen molar-refractivity contribution in [1.29, 1.82) is 0 Å². The SMILES string of the molecule is C[C@@H]1Oc2ccc(NC(=O)N3CCC[C@H](N4CCCC4)C3)cc2NC1=O. The van der Waals surface area contributed by atoms with Crippen molar-refractivity contribution in [3.8, 4) is 5.75 Å². The van der Waals surface area contributed by atoms with Gasteiger partial charge in [-0.1, -0.05) is 0 Å². The number of carbonyl (C=O) groups is 2. The molecule has 0 bridgehead atoms. The van der Waals surface area contributed by atoms with Crippen LogP contribution in [0.1, 0.15) is 32.6 Å². The van der Waals surface area contributed by atoms with Crippen molar-refractivity contribution in [1.82, 2.24) is 9.80 Å². The number of hydrogen-bond donors (Lipinski definition) is 2. The van der Waals surface area contributed by atoms with E-state index in [1.807, 2.05) is 11.0 Å². The molecule has 2 fully saturated rings. The van der Waals surface area contributed by atoms with Gasteiger partial charge in [-0.25, -0.2) is 4.79 Å². The highest BCUT2D eigenvalue weighted by Crippen LogP contribution is 2.32. The fraction of sp³-hybridized carbons (Fsp3) is 0.579. The van der Waals surface area contributed by atoms with Gasteiger partial charge < -0.3 is 20.3 Å². The molecule has 140 valence electrons. The first kappa shape index (κ1) is 17.1. The number of nitrogens with zero attached hydrogens (tertiary/aromatic N) is 2. The van der Waals surface area contributed by atoms with Crippen molar-refractivity contribution in [2.24, 2.45) is 0 Å². The fourth-order valence-electron chi connectivity index (χ4n) is 4.03. The van der Waals surface area contributed by atoms with Crippen LogP contribution < -0.4 is 15.4 Å². The van der Waals surface area contributed by atoms with Crippen LogP contribution in [0.15, 0.2) is 18.2 Å². The lowest BCUT2D eigenvalue weighted by molar-refractivity contribution is -0.122. The highest BCUT2D eigenvalue weighted by Gasteiger charge is 2.29. The van der Waals surface area contributed by atoms with E-state index in [4.69, 9.17) is 4.74 Å². The molecular weight excluding hydrogens is 332 g/mol. The van der Waals surface area contributed by atoms with Gasteiger partial charge in [0.1, 0.15) is 5.75 Å². The molecule has 4 rings (SSSR count). The Hall–Kier alpha value is -2.28. The molecule has 1 aromatic rings. The summed E-state index contributed by atoms with van der Waals surface area (Å²) in [5.74, 6) is 0.452. The molecule has 7 nitrogen and oxygen atoms in total. The summed E-state index contributed by atoms with van der Waals surface area (Å²) in [5.41, 5.74) is 1.26. The first-order chi connectivity index (χ1) is 12.6. The number of nitrogens with one attached hydrogen (secondary N) is 2. The number of piperidine rings is 1. The van der Waals surface area contributed by atoms with E-state index in [9.17, 15) is 9.59 Å². The predicted octanol–water partition coefficient (Wildman–Crippen LogP) is 2.50. The molecule has 0 radical (unpaired) electrons. The molecule has 2 N–H and O–H groups in total. The minimum atomic E-state index is -0.501. The number of likely N-dealkylation sites (tertiary alicyclic amines) is 2. The normalized spacial score (nSPS) is 26.0. The predicted molar refractivity (Wildman–Crippen MR) is 99.6 cm³/mol. The number of carbonyl (C=O) groups excluding carboxylic acids is 2. The van der Waals surface area contributed by atoms with Crippen LogP contribution in [-0.4, -0.2) is 60.1 Å². The number of rotatable bonds is 2. The molecule has 0 aromatic heterocycles. The lowest BCUT2D eigenvalue weighted by Gasteiger charge is -2.37. The van der Waals surface area contributed by atoms with Gasteiger partial charge in [0.15, 0.2) is 6.10 Å². The molecule has 0 spiro atoms. The summed E-state index contributed by atoms with van der Waals surface area (Å²) in [5, 5.41) is 5.77. The van der Waals surface area contributed by atoms with Gasteiger partial charge in [-0.15, -0.1) is 0 Å². The number of urea groups is 1. The molecule has 0 saturated carbocycles. The second-order valence-electron chi connectivity index (χ2n) is 7.38. The van der Waals surface area contributed by atoms with Crippen molar-refractivity contribution < 1.29 is 14.3 Å². The van der Waals surface area contributed by atoms with Gasteiger partial charge in [-0.05, 0) is 63.9 Å². The van der Waals surface area contributed by atoms with Gasteiger partial charge in [0.2, 0.25) is 0 Å². The van der Waals surface area contributed by atoms with Crippen LogP contribution in [0.2, 0.25) is 0 Å². The van der Waals surface area contributed by atoms with Gasteiger partial charge in [0.25, 0.3) is 5.91 Å². The molecule has 0 aliphatic carbocycles. The van der Waals surface area contributed by atoms with E-state index >= 15 is 0 Å². The summed E-state index contributed by atoms with van der Waals surface area (Å²) in [6, 6.07) is 5.74. The Morgan fingerprint density at radius 3 is 2.85 bits per heavy atom. The third kappa shape index (κ3) is 3.49. The highest BCUT2D eigenvalue weighted by atomic mass is 16.5. The number of benzene rings is 1. The zero-order valence-corrected chi connectivity index (χ0v) is 15.2. The van der Waals surface area contributed by atoms with Gasteiger partial charge in [-0.3, -0.25) is 9.69 Å². The summed E-state index contributed by atoms with van der Waals surface area (Å²) in [6.45, 7) is 5.60. The lowest BCUT2D eigenvalue weighted by Crippen LogP contribution is -2.50. The molecule has 1 aromatic carbocycles. The number of anilines is 2. The summed E-state index contributed by atoms with van der Waals surface area (Å²) in [7, 11) is 0. The molecule has 2 atom stereocenters. The first-order valence-corrected chi connectivity index (χ1v) is 9.52. The van der Waals surface area contributed by atoms with E-state index in [0.717, 1.165) is 32.6 Å². The van der Waals surface area contributed by atoms with Crippen LogP contribution in [0.4, 0.5) is 16.2 Å². The minimum absolute atomic E-state index is 0.0785. The van der Waals surface area contributed by atoms with Crippen molar-refractivity contribution in [3.63, 3.8) is 0 Å². The van der Waals surface area contributed by atoms with Gasteiger partial charge >= 0.3 is 6.03 Å². The number of fused-ring (bicyclic) bond motifs is 1. The quantitative estimate of drug-likeness (QED) is 0.852. The summed E-state index contributed by atoms with van der Waals surface area (Å²) in [4.78, 5) is 28.9. The summed E-state index contributed by atoms with van der Waals surface area (Å²) < 4.78 is 5.55. The van der Waals surface area contributed by atoms with Crippen molar-refractivity contribution in [2.45, 2.75) is 44.8 Å². The molecule has 2 saturated heterocycles. The first-order valence-electron chi connectivity index (χ1n) is 9.52. The van der Waals surface area contributed by atoms with Crippen molar-refractivity contribution in [2.75, 3.05) is 36.8 Å². The zero-order valence-electron chi connectivity index (χ0n) is 15.2. The lowest BCUT2D eigenvalue weighted by atomic mass is 10.0. The molecule has 3 heterocycles. The largest absolute Gasteiger partial charge is 0.479 e. The van der Waals surface area contributed by atoms with Gasteiger partial charge in [0, 0.05) is 24.8 Å². The maximum atomic E-state index is 12.7. The van der Waals surface area contributed by atoms with Crippen LogP contribution in [-0.2, 0) is 4.79 Å². The zero-order chi connectivity index (χ0) is 18.1. The highest BCUT2D eigenvalue weighted by molar-refractivity contribution is 5.99. The summed E-state index contributed by atoms with van der Waals surface area (Å²) >= 11 is 0. The summed E-state index contributed by atoms with van der Waals surface area (Å²) in [6.07, 6.45) is 4.25. The monoisotopic (exact) mass is 358 g/mol. The van der Waals surface area contributed by atoms with Crippen LogP contribution >= 0.6 is 0 Å². The molecule has 0 unspecified atom stereocenters. The Labute approximate surface area is 153 Å². The number of amides is 3. The minimum Gasteiger partial charge on any atom is -0.479 e. The van der Waals surface area contributed by atoms with E-state index in [1.54, 1.807) is 19.1 Å². The van der Waals surface area contributed by atoms with Crippen LogP contribution in [0, 0.1) is 0 Å². The van der Waals surface area contributed by atoms with Crippen LogP contribution in [0.25, 0.3) is 0 Å². The average molecular weight is 358 g/mol. The smallest absolute Gasteiger partial charge is 0.321 e. The van der Waals surface area contributed by atoms with E-state index in [0.29, 0.717) is 23.2 Å². The third-order valence-electron chi connectivity index (χ3n) is 5.50. The van der Waals surface area contributed by atoms with E-state index in [-0.39, 0.29) is 11.9 Å². The Balaban J connectivity index is 1.40. The Morgan fingerprint density at radius 2 is 2.04 bits per heavy atom. The van der Waals surface area contributed by atoms with Gasteiger partial charge in [-0.2, -0.15) is 0 Å². The Bertz CT molecular complexity index is 702. The van der Waals surface area contributed by atoms with E-state index < -0.39 is 6.10 Å². The molecule has 3 aliphatic heterocycles. The molecule has 3 aliphatic rings. The molecule has 26 heavy (non-hydrogen) atoms. The molecule has 3 amide bonds. The maximum absolute atomic E-state index is 12.7. The Kier molecular flexibility index (Phi) is 4.72. The topological polar surface area (TPSA) is 73.9 Å². The van der Waals surface area contributed by atoms with E-state index in [1.165, 1.54) is 19.3 Å². The van der Waals surface area contributed by atoms with Crippen molar-refractivity contribution >= 4 is 23.3 Å². The van der Waals surface area contributed by atoms with Crippen LogP contribution in [0.5, 0.6) is 5.75 Å².